The summed E-state index contributed by atoms with van der Waals surface area (Å²) in [7, 11) is 0. The third-order valence-corrected chi connectivity index (χ3v) is 6.57. The molecule has 7 nitrogen and oxygen atoms in total. The second-order valence-electron chi connectivity index (χ2n) is 8.88. The molecule has 1 fully saturated rings. The Morgan fingerprint density at radius 2 is 1.97 bits per heavy atom. The smallest absolute Gasteiger partial charge is 0.231 e. The van der Waals surface area contributed by atoms with Gasteiger partial charge in [-0.1, -0.05) is 24.3 Å². The summed E-state index contributed by atoms with van der Waals surface area (Å²) >= 11 is 0. The van der Waals surface area contributed by atoms with Gasteiger partial charge in [-0.3, -0.25) is 9.59 Å². The topological polar surface area (TPSA) is 85.9 Å². The van der Waals surface area contributed by atoms with Crippen LogP contribution in [0, 0.1) is 0 Å². The highest BCUT2D eigenvalue weighted by molar-refractivity contribution is 5.80. The van der Waals surface area contributed by atoms with Crippen molar-refractivity contribution in [3.05, 3.63) is 53.6 Å². The SMILES string of the molecule is O=C(CC[C@@]1(Cc2ccc3c(c2)OCO3)CCC(=O)N1)NC[C@H]1CCc2ccccc2O1. The number of ether oxygens (including phenoxy) is 3. The van der Waals surface area contributed by atoms with E-state index in [0.717, 1.165) is 42.1 Å². The van der Waals surface area contributed by atoms with Crippen LogP contribution in [0.15, 0.2) is 42.5 Å². The van der Waals surface area contributed by atoms with Crippen molar-refractivity contribution in [2.45, 2.75) is 56.6 Å². The van der Waals surface area contributed by atoms with Crippen LogP contribution in [0.2, 0.25) is 0 Å². The number of benzene rings is 2. The second-order valence-corrected chi connectivity index (χ2v) is 8.88. The van der Waals surface area contributed by atoms with Crippen molar-refractivity contribution in [2.24, 2.45) is 0 Å². The number of hydrogen-bond donors (Lipinski definition) is 2. The Morgan fingerprint density at radius 3 is 2.84 bits per heavy atom. The van der Waals surface area contributed by atoms with Gasteiger partial charge in [-0.15, -0.1) is 0 Å². The molecule has 1 saturated heterocycles. The molecule has 0 spiro atoms. The first-order chi connectivity index (χ1) is 15.6. The van der Waals surface area contributed by atoms with Crippen molar-refractivity contribution in [2.75, 3.05) is 13.3 Å². The standard InChI is InChI=1S/C25H28N2O5/c28-23(26-15-19-7-6-18-3-1-2-4-20(18)32-19)9-11-25(12-10-24(29)27-25)14-17-5-8-21-22(13-17)31-16-30-21/h1-5,8,13,19H,6-7,9-12,14-16H2,(H,26,28)(H,27,29)/t19-,25+/m1/s1. The zero-order chi connectivity index (χ0) is 22.0. The molecule has 2 aromatic rings. The minimum absolute atomic E-state index is 0.0115. The summed E-state index contributed by atoms with van der Waals surface area (Å²) in [6.45, 7) is 0.728. The fourth-order valence-corrected chi connectivity index (χ4v) is 4.82. The quantitative estimate of drug-likeness (QED) is 0.697. The Labute approximate surface area is 187 Å². The molecule has 2 amide bonds. The van der Waals surface area contributed by atoms with E-state index in [1.54, 1.807) is 0 Å². The van der Waals surface area contributed by atoms with Gasteiger partial charge in [0.05, 0.1) is 6.54 Å². The molecule has 0 saturated carbocycles. The van der Waals surface area contributed by atoms with Crippen LogP contribution in [0.5, 0.6) is 17.2 Å². The van der Waals surface area contributed by atoms with Crippen LogP contribution < -0.4 is 24.8 Å². The van der Waals surface area contributed by atoms with E-state index < -0.39 is 5.54 Å². The number of hydrogen-bond acceptors (Lipinski definition) is 5. The van der Waals surface area contributed by atoms with Crippen molar-refractivity contribution in [1.29, 1.82) is 0 Å². The fraction of sp³-hybridized carbons (Fsp3) is 0.440. The van der Waals surface area contributed by atoms with E-state index in [2.05, 4.69) is 16.7 Å². The summed E-state index contributed by atoms with van der Waals surface area (Å²) in [5.41, 5.74) is 1.87. The lowest BCUT2D eigenvalue weighted by molar-refractivity contribution is -0.123. The zero-order valence-electron chi connectivity index (χ0n) is 18.0. The average molecular weight is 437 g/mol. The van der Waals surface area contributed by atoms with E-state index in [0.29, 0.717) is 32.2 Å². The number of para-hydroxylation sites is 1. The average Bonchev–Trinajstić information content (AvgIpc) is 3.42. The van der Waals surface area contributed by atoms with Gasteiger partial charge in [0.25, 0.3) is 0 Å². The van der Waals surface area contributed by atoms with Crippen molar-refractivity contribution in [1.82, 2.24) is 10.6 Å². The highest BCUT2D eigenvalue weighted by Crippen LogP contribution is 2.36. The minimum Gasteiger partial charge on any atom is -0.488 e. The minimum atomic E-state index is -0.414. The van der Waals surface area contributed by atoms with Crippen molar-refractivity contribution in [3.63, 3.8) is 0 Å². The monoisotopic (exact) mass is 436 g/mol. The van der Waals surface area contributed by atoms with Gasteiger partial charge < -0.3 is 24.8 Å². The normalized spacial score (nSPS) is 23.2. The molecule has 3 aliphatic rings. The van der Waals surface area contributed by atoms with E-state index in [9.17, 15) is 9.59 Å². The maximum Gasteiger partial charge on any atom is 0.231 e. The summed E-state index contributed by atoms with van der Waals surface area (Å²) < 4.78 is 16.9. The van der Waals surface area contributed by atoms with Gasteiger partial charge in [0.1, 0.15) is 11.9 Å². The van der Waals surface area contributed by atoms with Crippen LogP contribution in [-0.2, 0) is 22.4 Å². The van der Waals surface area contributed by atoms with Crippen molar-refractivity contribution >= 4 is 11.8 Å². The van der Waals surface area contributed by atoms with Gasteiger partial charge in [-0.05, 0) is 61.4 Å². The Kier molecular flexibility index (Phi) is 5.64. The number of carbonyl (C=O) groups excluding carboxylic acids is 2. The Balaban J connectivity index is 1.15. The lowest BCUT2D eigenvalue weighted by atomic mass is 9.85. The molecule has 0 unspecified atom stereocenters. The number of amides is 2. The number of rotatable bonds is 7. The lowest BCUT2D eigenvalue weighted by Gasteiger charge is -2.30. The molecule has 3 aliphatic heterocycles. The van der Waals surface area contributed by atoms with E-state index >= 15 is 0 Å². The van der Waals surface area contributed by atoms with Gasteiger partial charge in [0.15, 0.2) is 11.5 Å². The van der Waals surface area contributed by atoms with Crippen molar-refractivity contribution in [3.8, 4) is 17.2 Å². The van der Waals surface area contributed by atoms with E-state index in [-0.39, 0.29) is 24.7 Å². The number of carbonyl (C=O) groups is 2. The van der Waals surface area contributed by atoms with Gasteiger partial charge in [0.2, 0.25) is 18.6 Å². The number of fused-ring (bicyclic) bond motifs is 2. The molecule has 2 N–H and O–H groups in total. The van der Waals surface area contributed by atoms with Gasteiger partial charge in [0, 0.05) is 18.4 Å². The van der Waals surface area contributed by atoms with E-state index in [1.807, 2.05) is 36.4 Å². The van der Waals surface area contributed by atoms with Gasteiger partial charge in [-0.2, -0.15) is 0 Å². The van der Waals surface area contributed by atoms with Crippen LogP contribution in [-0.4, -0.2) is 36.8 Å². The van der Waals surface area contributed by atoms with Crippen LogP contribution >= 0.6 is 0 Å². The van der Waals surface area contributed by atoms with Crippen LogP contribution in [0.4, 0.5) is 0 Å². The third-order valence-electron chi connectivity index (χ3n) is 6.57. The Bertz CT molecular complexity index is 1020. The molecule has 0 aliphatic carbocycles. The molecule has 2 aromatic carbocycles. The highest BCUT2D eigenvalue weighted by Gasteiger charge is 2.38. The molecule has 0 bridgehead atoms. The number of nitrogens with one attached hydrogen (secondary N) is 2. The van der Waals surface area contributed by atoms with Crippen LogP contribution in [0.25, 0.3) is 0 Å². The Hall–Kier alpha value is -3.22. The maximum atomic E-state index is 12.6. The summed E-state index contributed by atoms with van der Waals surface area (Å²) in [5, 5.41) is 6.16. The second kappa shape index (κ2) is 8.73. The van der Waals surface area contributed by atoms with Gasteiger partial charge >= 0.3 is 0 Å². The Morgan fingerprint density at radius 1 is 1.09 bits per heavy atom. The molecule has 168 valence electrons. The molecule has 0 radical (unpaired) electrons. The summed E-state index contributed by atoms with van der Waals surface area (Å²) in [6.07, 6.45) is 4.65. The summed E-state index contributed by atoms with van der Waals surface area (Å²) in [6, 6.07) is 13.9. The highest BCUT2D eigenvalue weighted by atomic mass is 16.7. The predicted octanol–water partition coefficient (Wildman–Crippen LogP) is 2.90. The van der Waals surface area contributed by atoms with E-state index in [1.165, 1.54) is 5.56 Å². The van der Waals surface area contributed by atoms with Crippen LogP contribution in [0.3, 0.4) is 0 Å². The molecule has 5 rings (SSSR count). The molecule has 3 heterocycles. The summed E-state index contributed by atoms with van der Waals surface area (Å²) in [4.78, 5) is 24.6. The van der Waals surface area contributed by atoms with Gasteiger partial charge in [-0.25, -0.2) is 0 Å². The zero-order valence-corrected chi connectivity index (χ0v) is 18.0. The third kappa shape index (κ3) is 4.52. The predicted molar refractivity (Wildman–Crippen MR) is 118 cm³/mol. The first-order valence-electron chi connectivity index (χ1n) is 11.3. The lowest BCUT2D eigenvalue weighted by Crippen LogP contribution is -2.45. The molecular formula is C25H28N2O5. The molecule has 2 atom stereocenters. The molecular weight excluding hydrogens is 408 g/mol. The number of aryl methyl sites for hydroxylation is 1. The van der Waals surface area contributed by atoms with E-state index in [4.69, 9.17) is 14.2 Å². The molecule has 7 heteroatoms. The molecule has 0 aromatic heterocycles. The molecule has 32 heavy (non-hydrogen) atoms. The fourth-order valence-electron chi connectivity index (χ4n) is 4.82. The van der Waals surface area contributed by atoms with Crippen LogP contribution in [0.1, 0.15) is 43.2 Å². The van der Waals surface area contributed by atoms with Crippen molar-refractivity contribution < 1.29 is 23.8 Å². The maximum absolute atomic E-state index is 12.6. The largest absolute Gasteiger partial charge is 0.488 e. The first-order valence-corrected chi connectivity index (χ1v) is 11.3. The summed E-state index contributed by atoms with van der Waals surface area (Å²) in [5.74, 6) is 2.41. The first kappa shape index (κ1) is 20.7.